The molecule has 0 amide bonds. The maximum atomic E-state index is 12.1. The molecule has 1 N–H and O–H groups in total. The lowest BCUT2D eigenvalue weighted by Crippen LogP contribution is -2.05. The van der Waals surface area contributed by atoms with Gasteiger partial charge >= 0.3 is 12.1 Å². The summed E-state index contributed by atoms with van der Waals surface area (Å²) in [4.78, 5) is 13.7. The van der Waals surface area contributed by atoms with Gasteiger partial charge in [0.25, 0.3) is 0 Å². The van der Waals surface area contributed by atoms with E-state index in [9.17, 15) is 18.0 Å². The minimum absolute atomic E-state index is 0.102. The summed E-state index contributed by atoms with van der Waals surface area (Å²) in [5.74, 6) is -2.12. The van der Waals surface area contributed by atoms with E-state index in [1.54, 1.807) is 0 Å². The van der Waals surface area contributed by atoms with E-state index in [2.05, 4.69) is 4.98 Å². The number of hydrogen-bond donors (Lipinski definition) is 1. The normalized spacial score (nSPS) is 14.0. The van der Waals surface area contributed by atoms with Crippen molar-refractivity contribution in [2.75, 3.05) is 0 Å². The molecular formula is C7H6F3NO2S. The Morgan fingerprint density at radius 1 is 1.64 bits per heavy atom. The Bertz CT molecular complexity index is 347. The zero-order valence-electron chi connectivity index (χ0n) is 7.00. The van der Waals surface area contributed by atoms with Crippen molar-refractivity contribution < 1.29 is 23.1 Å². The van der Waals surface area contributed by atoms with Gasteiger partial charge in [-0.1, -0.05) is 0 Å². The summed E-state index contributed by atoms with van der Waals surface area (Å²) in [5, 5.41) is 7.53. The molecule has 7 heteroatoms. The van der Waals surface area contributed by atoms with Gasteiger partial charge in [-0.3, -0.25) is 4.79 Å². The van der Waals surface area contributed by atoms with Crippen LogP contribution in [-0.2, 0) is 11.0 Å². The molecule has 1 heterocycles. The number of carboxylic acids is 1. The van der Waals surface area contributed by atoms with E-state index in [-0.39, 0.29) is 4.88 Å². The summed E-state index contributed by atoms with van der Waals surface area (Å²) in [7, 11) is 0. The molecule has 0 fully saturated rings. The summed E-state index contributed by atoms with van der Waals surface area (Å²) >= 11 is 0.359. The monoisotopic (exact) mass is 225 g/mol. The van der Waals surface area contributed by atoms with Crippen molar-refractivity contribution in [2.24, 2.45) is 0 Å². The van der Waals surface area contributed by atoms with E-state index in [0.717, 1.165) is 6.20 Å². The number of thiazole rings is 1. The van der Waals surface area contributed by atoms with Crippen molar-refractivity contribution >= 4 is 17.3 Å². The van der Waals surface area contributed by atoms with Crippen molar-refractivity contribution in [2.45, 2.75) is 19.0 Å². The van der Waals surface area contributed by atoms with E-state index in [4.69, 9.17) is 5.11 Å². The van der Waals surface area contributed by atoms with Gasteiger partial charge in [-0.2, -0.15) is 13.2 Å². The first kappa shape index (κ1) is 11.0. The van der Waals surface area contributed by atoms with Crippen LogP contribution in [0.1, 0.15) is 22.7 Å². The van der Waals surface area contributed by atoms with Gasteiger partial charge in [0.2, 0.25) is 0 Å². The Balaban J connectivity index is 2.94. The molecule has 0 saturated carbocycles. The predicted octanol–water partition coefficient (Wildman–Crippen LogP) is 2.35. The summed E-state index contributed by atoms with van der Waals surface area (Å²) in [6.45, 7) is 1.32. The number of aromatic nitrogens is 1. The number of carbonyl (C=O) groups is 1. The highest BCUT2D eigenvalue weighted by Crippen LogP contribution is 2.34. The van der Waals surface area contributed by atoms with Crippen molar-refractivity contribution in [1.82, 2.24) is 4.98 Å². The van der Waals surface area contributed by atoms with E-state index in [1.807, 2.05) is 0 Å². The number of aliphatic carboxylic acids is 1. The average molecular weight is 225 g/mol. The average Bonchev–Trinajstić information content (AvgIpc) is 2.49. The Hall–Kier alpha value is -1.11. The minimum atomic E-state index is -4.50. The van der Waals surface area contributed by atoms with E-state index >= 15 is 0 Å². The van der Waals surface area contributed by atoms with Crippen LogP contribution in [0.25, 0.3) is 0 Å². The molecule has 3 nitrogen and oxygen atoms in total. The third kappa shape index (κ3) is 2.22. The number of alkyl halides is 3. The van der Waals surface area contributed by atoms with Crippen LogP contribution >= 0.6 is 11.3 Å². The zero-order valence-corrected chi connectivity index (χ0v) is 7.82. The Morgan fingerprint density at radius 3 is 2.57 bits per heavy atom. The van der Waals surface area contributed by atoms with E-state index in [0.29, 0.717) is 11.3 Å². The molecule has 1 aromatic heterocycles. The Morgan fingerprint density at radius 2 is 2.21 bits per heavy atom. The van der Waals surface area contributed by atoms with Crippen LogP contribution in [0, 0.1) is 0 Å². The number of nitrogens with zero attached hydrogens (tertiary/aromatic N) is 1. The molecule has 1 unspecified atom stereocenters. The first-order valence-electron chi connectivity index (χ1n) is 3.58. The maximum Gasteiger partial charge on any atom is 0.443 e. The number of rotatable bonds is 2. The molecule has 0 radical (unpaired) electrons. The fraction of sp³-hybridized carbons (Fsp3) is 0.429. The molecule has 1 aromatic rings. The van der Waals surface area contributed by atoms with Crippen LogP contribution in [0.3, 0.4) is 0 Å². The number of halogens is 3. The largest absolute Gasteiger partial charge is 0.481 e. The molecule has 1 atom stereocenters. The Kier molecular flexibility index (Phi) is 2.79. The molecule has 78 valence electrons. The second-order valence-electron chi connectivity index (χ2n) is 2.63. The highest BCUT2D eigenvalue weighted by molar-refractivity contribution is 7.11. The topological polar surface area (TPSA) is 50.2 Å². The van der Waals surface area contributed by atoms with Gasteiger partial charge < -0.3 is 5.11 Å². The van der Waals surface area contributed by atoms with Crippen LogP contribution in [0.2, 0.25) is 0 Å². The van der Waals surface area contributed by atoms with Crippen LogP contribution in [0.5, 0.6) is 0 Å². The number of hydrogen-bond acceptors (Lipinski definition) is 3. The maximum absolute atomic E-state index is 12.1. The summed E-state index contributed by atoms with van der Waals surface area (Å²) in [6.07, 6.45) is -3.55. The van der Waals surface area contributed by atoms with Gasteiger partial charge in [0.05, 0.1) is 5.92 Å². The lowest BCUT2D eigenvalue weighted by atomic mass is 10.2. The van der Waals surface area contributed by atoms with E-state index < -0.39 is 23.1 Å². The molecule has 0 bridgehead atoms. The standard InChI is InChI=1S/C7H6F3NO2S/c1-3(5(12)13)4-2-11-6(14-4)7(8,9)10/h2-3H,1H3,(H,12,13). The predicted molar refractivity (Wildman–Crippen MR) is 43.2 cm³/mol. The molecule has 0 saturated heterocycles. The van der Waals surface area contributed by atoms with Crippen molar-refractivity contribution in [1.29, 1.82) is 0 Å². The first-order chi connectivity index (χ1) is 6.32. The van der Waals surface area contributed by atoms with Gasteiger partial charge in [-0.05, 0) is 6.92 Å². The van der Waals surface area contributed by atoms with Crippen molar-refractivity contribution in [3.63, 3.8) is 0 Å². The van der Waals surface area contributed by atoms with Crippen molar-refractivity contribution in [3.05, 3.63) is 16.1 Å². The summed E-state index contributed by atoms with van der Waals surface area (Å²) in [6, 6.07) is 0. The van der Waals surface area contributed by atoms with Crippen LogP contribution in [-0.4, -0.2) is 16.1 Å². The molecule has 14 heavy (non-hydrogen) atoms. The van der Waals surface area contributed by atoms with Gasteiger partial charge in [0.15, 0.2) is 5.01 Å². The molecule has 0 spiro atoms. The van der Waals surface area contributed by atoms with Crippen LogP contribution in [0.4, 0.5) is 13.2 Å². The SMILES string of the molecule is CC(C(=O)O)c1cnc(C(F)(F)F)s1. The first-order valence-corrected chi connectivity index (χ1v) is 4.39. The quantitative estimate of drug-likeness (QED) is 0.840. The molecule has 0 aliphatic carbocycles. The number of carboxylic acid groups (broad SMARTS) is 1. The third-order valence-corrected chi connectivity index (χ3v) is 2.79. The molecule has 1 rings (SSSR count). The molecule has 0 aliphatic rings. The third-order valence-electron chi connectivity index (χ3n) is 1.56. The molecule has 0 aromatic carbocycles. The lowest BCUT2D eigenvalue weighted by molar-refractivity contribution is -0.139. The van der Waals surface area contributed by atoms with E-state index in [1.165, 1.54) is 6.92 Å². The summed E-state index contributed by atoms with van der Waals surface area (Å²) in [5.41, 5.74) is 0. The fourth-order valence-corrected chi connectivity index (χ4v) is 1.57. The van der Waals surface area contributed by atoms with Crippen LogP contribution < -0.4 is 0 Å². The highest BCUT2D eigenvalue weighted by atomic mass is 32.1. The second-order valence-corrected chi connectivity index (χ2v) is 3.69. The summed E-state index contributed by atoms with van der Waals surface area (Å²) < 4.78 is 36.2. The van der Waals surface area contributed by atoms with Crippen molar-refractivity contribution in [3.8, 4) is 0 Å². The zero-order chi connectivity index (χ0) is 10.9. The highest BCUT2D eigenvalue weighted by Gasteiger charge is 2.35. The lowest BCUT2D eigenvalue weighted by Gasteiger charge is -2.01. The smallest absolute Gasteiger partial charge is 0.443 e. The van der Waals surface area contributed by atoms with Gasteiger partial charge in [-0.25, -0.2) is 4.98 Å². The van der Waals surface area contributed by atoms with Crippen LogP contribution in [0.15, 0.2) is 6.20 Å². The molecular weight excluding hydrogens is 219 g/mol. The Labute approximate surface area is 81.2 Å². The van der Waals surface area contributed by atoms with Gasteiger partial charge in [0, 0.05) is 11.1 Å². The fourth-order valence-electron chi connectivity index (χ4n) is 0.740. The molecule has 0 aliphatic heterocycles. The van der Waals surface area contributed by atoms with Gasteiger partial charge in [0.1, 0.15) is 0 Å². The second kappa shape index (κ2) is 3.56. The van der Waals surface area contributed by atoms with Gasteiger partial charge in [-0.15, -0.1) is 11.3 Å². The minimum Gasteiger partial charge on any atom is -0.481 e.